The largest absolute Gasteiger partial charge is 0.341 e. The maximum atomic E-state index is 13.4. The molecule has 0 spiro atoms. The second kappa shape index (κ2) is 10.7. The molecular formula is C26H33N7O2. The number of rotatable bonds is 7. The summed E-state index contributed by atoms with van der Waals surface area (Å²) in [6.07, 6.45) is 2.91. The third-order valence-electron chi connectivity index (χ3n) is 6.41. The highest BCUT2D eigenvalue weighted by Gasteiger charge is 2.29. The predicted octanol–water partition coefficient (Wildman–Crippen LogP) is 3.62. The van der Waals surface area contributed by atoms with Gasteiger partial charge in [-0.1, -0.05) is 18.2 Å². The second-order valence-electron chi connectivity index (χ2n) is 8.83. The van der Waals surface area contributed by atoms with Crippen LogP contribution in [-0.2, 0) is 4.79 Å². The van der Waals surface area contributed by atoms with Gasteiger partial charge in [0.2, 0.25) is 11.9 Å². The lowest BCUT2D eigenvalue weighted by Crippen LogP contribution is -2.39. The van der Waals surface area contributed by atoms with Gasteiger partial charge < -0.3 is 15.1 Å². The van der Waals surface area contributed by atoms with E-state index in [4.69, 9.17) is 0 Å². The molecule has 35 heavy (non-hydrogen) atoms. The molecule has 0 aliphatic carbocycles. The minimum atomic E-state index is -0.173. The lowest BCUT2D eigenvalue weighted by molar-refractivity contribution is -0.120. The van der Waals surface area contributed by atoms with Crippen molar-refractivity contribution >= 4 is 23.6 Å². The summed E-state index contributed by atoms with van der Waals surface area (Å²) in [6, 6.07) is 11.5. The predicted molar refractivity (Wildman–Crippen MR) is 136 cm³/mol. The van der Waals surface area contributed by atoms with Crippen molar-refractivity contribution in [2.45, 2.75) is 40.5 Å². The Morgan fingerprint density at radius 3 is 2.26 bits per heavy atom. The minimum absolute atomic E-state index is 0.0998. The van der Waals surface area contributed by atoms with Crippen molar-refractivity contribution in [1.29, 1.82) is 0 Å². The molecule has 2 amide bonds. The number of anilines is 2. The molecule has 1 aromatic carbocycles. The molecule has 1 aliphatic heterocycles. The van der Waals surface area contributed by atoms with Crippen molar-refractivity contribution in [3.05, 3.63) is 59.5 Å². The van der Waals surface area contributed by atoms with Gasteiger partial charge in [0.05, 0.1) is 11.9 Å². The first-order chi connectivity index (χ1) is 16.9. The van der Waals surface area contributed by atoms with Gasteiger partial charge in [-0.3, -0.25) is 9.59 Å². The molecule has 9 nitrogen and oxygen atoms in total. The number of carbonyl (C=O) groups excluding carboxylic acids is 2. The number of aromatic nitrogens is 4. The number of hydrogen-bond acceptors (Lipinski definition) is 6. The highest BCUT2D eigenvalue weighted by atomic mass is 16.2. The van der Waals surface area contributed by atoms with E-state index in [1.165, 1.54) is 0 Å². The van der Waals surface area contributed by atoms with Gasteiger partial charge in [0.15, 0.2) is 0 Å². The molecule has 1 aliphatic rings. The van der Waals surface area contributed by atoms with Gasteiger partial charge in [-0.05, 0) is 58.7 Å². The molecule has 1 saturated heterocycles. The van der Waals surface area contributed by atoms with Crippen LogP contribution in [0.25, 0.3) is 5.69 Å². The van der Waals surface area contributed by atoms with E-state index in [-0.39, 0.29) is 17.7 Å². The van der Waals surface area contributed by atoms with E-state index in [1.54, 1.807) is 15.8 Å². The van der Waals surface area contributed by atoms with Crippen LogP contribution in [0.4, 0.5) is 11.8 Å². The summed E-state index contributed by atoms with van der Waals surface area (Å²) in [4.78, 5) is 39.5. The molecule has 3 aromatic rings. The molecule has 1 N–H and O–H groups in total. The van der Waals surface area contributed by atoms with E-state index < -0.39 is 0 Å². The SMILES string of the molecule is CCN(CC)C(=O)c1cnn(-c2ccccc2)c1NC(=O)C1CCN(c2nc(C)cc(C)n2)CC1. The summed E-state index contributed by atoms with van der Waals surface area (Å²) >= 11 is 0. The summed E-state index contributed by atoms with van der Waals surface area (Å²) in [6.45, 7) is 10.4. The van der Waals surface area contributed by atoms with E-state index in [0.717, 1.165) is 23.0 Å². The first kappa shape index (κ1) is 24.4. The average Bonchev–Trinajstić information content (AvgIpc) is 3.28. The lowest BCUT2D eigenvalue weighted by atomic mass is 9.96. The molecule has 184 valence electrons. The molecular weight excluding hydrogens is 442 g/mol. The van der Waals surface area contributed by atoms with Crippen LogP contribution in [0, 0.1) is 19.8 Å². The number of aryl methyl sites for hydroxylation is 2. The Kier molecular flexibility index (Phi) is 7.43. The van der Waals surface area contributed by atoms with Gasteiger partial charge in [-0.25, -0.2) is 14.6 Å². The number of benzene rings is 1. The van der Waals surface area contributed by atoms with E-state index in [9.17, 15) is 9.59 Å². The monoisotopic (exact) mass is 475 g/mol. The van der Waals surface area contributed by atoms with Gasteiger partial charge in [0, 0.05) is 43.5 Å². The Labute approximate surface area is 206 Å². The van der Waals surface area contributed by atoms with Crippen molar-refractivity contribution in [3.63, 3.8) is 0 Å². The fraction of sp³-hybridized carbons (Fsp3) is 0.423. The van der Waals surface area contributed by atoms with E-state index in [0.29, 0.717) is 50.4 Å². The van der Waals surface area contributed by atoms with Crippen LogP contribution in [0.1, 0.15) is 48.4 Å². The Morgan fingerprint density at radius 2 is 1.66 bits per heavy atom. The Hall–Kier alpha value is -3.75. The fourth-order valence-electron chi connectivity index (χ4n) is 4.48. The van der Waals surface area contributed by atoms with E-state index in [1.807, 2.05) is 64.1 Å². The molecule has 2 aromatic heterocycles. The number of para-hydroxylation sites is 1. The van der Waals surface area contributed by atoms with Crippen LogP contribution in [0.5, 0.6) is 0 Å². The maximum Gasteiger partial charge on any atom is 0.259 e. The van der Waals surface area contributed by atoms with Gasteiger partial charge in [-0.2, -0.15) is 5.10 Å². The Balaban J connectivity index is 1.53. The number of piperidine rings is 1. The molecule has 1 fully saturated rings. The van der Waals surface area contributed by atoms with Gasteiger partial charge in [-0.15, -0.1) is 0 Å². The van der Waals surface area contributed by atoms with Gasteiger partial charge in [0.25, 0.3) is 5.91 Å². The standard InChI is InChI=1S/C26H33N7O2/c1-5-31(6-2)25(35)22-17-27-33(21-10-8-7-9-11-21)23(22)30-24(34)20-12-14-32(15-13-20)26-28-18(3)16-19(4)29-26/h7-11,16-17,20H,5-6,12-15H2,1-4H3,(H,30,34). The van der Waals surface area contributed by atoms with Crippen molar-refractivity contribution < 1.29 is 9.59 Å². The Bertz CT molecular complexity index is 1160. The average molecular weight is 476 g/mol. The van der Waals surface area contributed by atoms with Crippen molar-refractivity contribution in [1.82, 2.24) is 24.6 Å². The van der Waals surface area contributed by atoms with Crippen molar-refractivity contribution in [3.8, 4) is 5.69 Å². The van der Waals surface area contributed by atoms with Crippen LogP contribution < -0.4 is 10.2 Å². The summed E-state index contributed by atoms with van der Waals surface area (Å²) in [5, 5.41) is 7.50. The van der Waals surface area contributed by atoms with Crippen molar-refractivity contribution in [2.75, 3.05) is 36.4 Å². The normalized spacial score (nSPS) is 14.1. The minimum Gasteiger partial charge on any atom is -0.341 e. The molecule has 9 heteroatoms. The van der Waals surface area contributed by atoms with Crippen LogP contribution in [0.2, 0.25) is 0 Å². The van der Waals surface area contributed by atoms with E-state index >= 15 is 0 Å². The first-order valence-electron chi connectivity index (χ1n) is 12.2. The summed E-state index contributed by atoms with van der Waals surface area (Å²) < 4.78 is 1.63. The summed E-state index contributed by atoms with van der Waals surface area (Å²) in [5.74, 6) is 0.716. The van der Waals surface area contributed by atoms with Gasteiger partial charge >= 0.3 is 0 Å². The molecule has 0 radical (unpaired) electrons. The van der Waals surface area contributed by atoms with Crippen molar-refractivity contribution in [2.24, 2.45) is 5.92 Å². The Morgan fingerprint density at radius 1 is 1.03 bits per heavy atom. The number of nitrogens with one attached hydrogen (secondary N) is 1. The molecule has 0 atom stereocenters. The number of carbonyl (C=O) groups is 2. The number of hydrogen-bond donors (Lipinski definition) is 1. The quantitative estimate of drug-likeness (QED) is 0.561. The van der Waals surface area contributed by atoms with E-state index in [2.05, 4.69) is 25.3 Å². The number of nitrogens with zero attached hydrogens (tertiary/aromatic N) is 6. The highest BCUT2D eigenvalue weighted by Crippen LogP contribution is 2.26. The molecule has 0 bridgehead atoms. The van der Waals surface area contributed by atoms with Gasteiger partial charge in [0.1, 0.15) is 11.4 Å². The smallest absolute Gasteiger partial charge is 0.259 e. The third kappa shape index (κ3) is 5.34. The fourth-order valence-corrected chi connectivity index (χ4v) is 4.48. The second-order valence-corrected chi connectivity index (χ2v) is 8.83. The van der Waals surface area contributed by atoms with Crippen LogP contribution in [0.3, 0.4) is 0 Å². The molecule has 3 heterocycles. The third-order valence-corrected chi connectivity index (χ3v) is 6.41. The number of amides is 2. The zero-order valence-corrected chi connectivity index (χ0v) is 20.9. The topological polar surface area (TPSA) is 96.2 Å². The molecule has 0 unspecified atom stereocenters. The first-order valence-corrected chi connectivity index (χ1v) is 12.2. The zero-order valence-electron chi connectivity index (χ0n) is 20.9. The van der Waals surface area contributed by atoms with Crippen LogP contribution in [0.15, 0.2) is 42.6 Å². The zero-order chi connectivity index (χ0) is 24.9. The van der Waals surface area contributed by atoms with Crippen LogP contribution in [-0.4, -0.2) is 62.6 Å². The maximum absolute atomic E-state index is 13.4. The molecule has 0 saturated carbocycles. The highest BCUT2D eigenvalue weighted by molar-refractivity contribution is 6.03. The molecule has 4 rings (SSSR count). The summed E-state index contributed by atoms with van der Waals surface area (Å²) in [7, 11) is 0. The lowest BCUT2D eigenvalue weighted by Gasteiger charge is -2.31. The van der Waals surface area contributed by atoms with Crippen LogP contribution >= 0.6 is 0 Å². The summed E-state index contributed by atoms with van der Waals surface area (Å²) in [5.41, 5.74) is 3.05.